The molecule has 1 fully saturated rings. The van der Waals surface area contributed by atoms with Crippen molar-refractivity contribution in [3.05, 3.63) is 0 Å². The van der Waals surface area contributed by atoms with Crippen LogP contribution in [0.2, 0.25) is 0 Å². The first kappa shape index (κ1) is 12.8. The number of nitrogens with one attached hydrogen (secondary N) is 1. The lowest BCUT2D eigenvalue weighted by atomic mass is 10.2. The van der Waals surface area contributed by atoms with Gasteiger partial charge in [0.2, 0.25) is 5.91 Å². The second-order valence-corrected chi connectivity index (χ2v) is 5.23. The van der Waals surface area contributed by atoms with Crippen molar-refractivity contribution < 1.29 is 9.90 Å². The molecule has 1 amide bonds. The van der Waals surface area contributed by atoms with Crippen molar-refractivity contribution in [1.82, 2.24) is 10.2 Å². The van der Waals surface area contributed by atoms with Gasteiger partial charge in [-0.1, -0.05) is 0 Å². The van der Waals surface area contributed by atoms with E-state index in [0.29, 0.717) is 12.6 Å². The van der Waals surface area contributed by atoms with E-state index < -0.39 is 0 Å². The maximum absolute atomic E-state index is 11.5. The SMILES string of the molecule is CC(CO)NC(=O)CN(C)C1CCSC1. The first-order valence-corrected chi connectivity index (χ1v) is 6.47. The molecule has 0 aromatic heterocycles. The van der Waals surface area contributed by atoms with Gasteiger partial charge in [-0.3, -0.25) is 9.69 Å². The molecule has 0 bridgehead atoms. The molecule has 88 valence electrons. The van der Waals surface area contributed by atoms with Gasteiger partial charge in [0.15, 0.2) is 0 Å². The van der Waals surface area contributed by atoms with Crippen LogP contribution in [0.1, 0.15) is 13.3 Å². The van der Waals surface area contributed by atoms with Gasteiger partial charge in [0.05, 0.1) is 13.2 Å². The molecular weight excluding hydrogens is 212 g/mol. The van der Waals surface area contributed by atoms with Crippen LogP contribution < -0.4 is 5.32 Å². The van der Waals surface area contributed by atoms with E-state index >= 15 is 0 Å². The van der Waals surface area contributed by atoms with Gasteiger partial charge in [0, 0.05) is 17.8 Å². The lowest BCUT2D eigenvalue weighted by molar-refractivity contribution is -0.123. The summed E-state index contributed by atoms with van der Waals surface area (Å²) in [6, 6.07) is 0.383. The van der Waals surface area contributed by atoms with Crippen LogP contribution in [0.5, 0.6) is 0 Å². The fourth-order valence-corrected chi connectivity index (χ4v) is 2.89. The summed E-state index contributed by atoms with van der Waals surface area (Å²) >= 11 is 1.94. The van der Waals surface area contributed by atoms with E-state index in [9.17, 15) is 4.79 Å². The van der Waals surface area contributed by atoms with E-state index in [1.54, 1.807) is 6.92 Å². The quantitative estimate of drug-likeness (QED) is 0.696. The zero-order valence-corrected chi connectivity index (χ0v) is 10.2. The average Bonchev–Trinajstić information content (AvgIpc) is 2.70. The van der Waals surface area contributed by atoms with Crippen LogP contribution in [-0.4, -0.2) is 59.7 Å². The highest BCUT2D eigenvalue weighted by atomic mass is 32.2. The summed E-state index contributed by atoms with van der Waals surface area (Å²) in [5.41, 5.74) is 0. The third kappa shape index (κ3) is 4.40. The lowest BCUT2D eigenvalue weighted by Crippen LogP contribution is -2.44. The molecule has 1 rings (SSSR count). The number of nitrogens with zero attached hydrogens (tertiary/aromatic N) is 1. The van der Waals surface area contributed by atoms with Crippen LogP contribution in [0.3, 0.4) is 0 Å². The van der Waals surface area contributed by atoms with E-state index in [4.69, 9.17) is 5.11 Å². The largest absolute Gasteiger partial charge is 0.394 e. The third-order valence-electron chi connectivity index (χ3n) is 2.60. The zero-order valence-electron chi connectivity index (χ0n) is 9.40. The molecule has 1 heterocycles. The van der Waals surface area contributed by atoms with E-state index in [-0.39, 0.29) is 18.6 Å². The Kier molecular flexibility index (Phi) is 5.42. The van der Waals surface area contributed by atoms with Crippen LogP contribution in [-0.2, 0) is 4.79 Å². The maximum Gasteiger partial charge on any atom is 0.234 e. The van der Waals surface area contributed by atoms with Crippen molar-refractivity contribution in [2.75, 3.05) is 31.7 Å². The number of likely N-dealkylation sites (N-methyl/N-ethyl adjacent to an activating group) is 1. The van der Waals surface area contributed by atoms with Gasteiger partial charge in [-0.05, 0) is 26.1 Å². The van der Waals surface area contributed by atoms with Crippen molar-refractivity contribution in [1.29, 1.82) is 0 Å². The number of rotatable bonds is 5. The Morgan fingerprint density at radius 3 is 3.00 bits per heavy atom. The molecule has 0 spiro atoms. The molecular formula is C10H20N2O2S. The van der Waals surface area contributed by atoms with Crippen LogP contribution in [0.25, 0.3) is 0 Å². The van der Waals surface area contributed by atoms with Gasteiger partial charge in [0.1, 0.15) is 0 Å². The molecule has 2 N–H and O–H groups in total. The summed E-state index contributed by atoms with van der Waals surface area (Å²) in [6.07, 6.45) is 1.17. The Morgan fingerprint density at radius 1 is 1.73 bits per heavy atom. The Balaban J connectivity index is 2.24. The van der Waals surface area contributed by atoms with Gasteiger partial charge in [-0.15, -0.1) is 0 Å². The first-order valence-electron chi connectivity index (χ1n) is 5.31. The summed E-state index contributed by atoms with van der Waals surface area (Å²) < 4.78 is 0. The lowest BCUT2D eigenvalue weighted by Gasteiger charge is -2.23. The molecule has 4 nitrogen and oxygen atoms in total. The molecule has 0 radical (unpaired) electrons. The summed E-state index contributed by atoms with van der Waals surface area (Å²) in [5.74, 6) is 2.32. The Morgan fingerprint density at radius 2 is 2.47 bits per heavy atom. The molecule has 2 atom stereocenters. The predicted octanol–water partition coefficient (Wildman–Crippen LogP) is -0.0793. The average molecular weight is 232 g/mol. The van der Waals surface area contributed by atoms with Crippen LogP contribution >= 0.6 is 11.8 Å². The van der Waals surface area contributed by atoms with Crippen LogP contribution in [0.15, 0.2) is 0 Å². The summed E-state index contributed by atoms with van der Waals surface area (Å²) in [7, 11) is 1.99. The molecule has 0 aromatic rings. The number of thioether (sulfide) groups is 1. The van der Waals surface area contributed by atoms with Gasteiger partial charge >= 0.3 is 0 Å². The molecule has 1 saturated heterocycles. The van der Waals surface area contributed by atoms with Crippen LogP contribution in [0, 0.1) is 0 Å². The minimum atomic E-state index is -0.149. The van der Waals surface area contributed by atoms with Gasteiger partial charge in [0.25, 0.3) is 0 Å². The van der Waals surface area contributed by atoms with Crippen molar-refractivity contribution >= 4 is 17.7 Å². The fraction of sp³-hybridized carbons (Fsp3) is 0.900. The van der Waals surface area contributed by atoms with Gasteiger partial charge in [-0.25, -0.2) is 0 Å². The van der Waals surface area contributed by atoms with Gasteiger partial charge < -0.3 is 10.4 Å². The van der Waals surface area contributed by atoms with Crippen LogP contribution in [0.4, 0.5) is 0 Å². The highest BCUT2D eigenvalue weighted by molar-refractivity contribution is 7.99. The number of hydrogen-bond acceptors (Lipinski definition) is 4. The summed E-state index contributed by atoms with van der Waals surface area (Å²) in [5, 5.41) is 11.5. The Hall–Kier alpha value is -0.260. The molecule has 5 heteroatoms. The first-order chi connectivity index (χ1) is 7.13. The molecule has 0 saturated carbocycles. The van der Waals surface area contributed by atoms with E-state index in [1.807, 2.05) is 18.8 Å². The van der Waals surface area contributed by atoms with Crippen molar-refractivity contribution in [2.45, 2.75) is 25.4 Å². The number of carbonyl (C=O) groups is 1. The Labute approximate surface area is 95.4 Å². The van der Waals surface area contributed by atoms with Crippen molar-refractivity contribution in [3.8, 4) is 0 Å². The molecule has 2 unspecified atom stereocenters. The normalized spacial score (nSPS) is 23.1. The summed E-state index contributed by atoms with van der Waals surface area (Å²) in [4.78, 5) is 13.6. The topological polar surface area (TPSA) is 52.6 Å². The minimum Gasteiger partial charge on any atom is -0.394 e. The number of amides is 1. The fourth-order valence-electron chi connectivity index (χ4n) is 1.59. The number of hydrogen-bond donors (Lipinski definition) is 2. The molecule has 15 heavy (non-hydrogen) atoms. The highest BCUT2D eigenvalue weighted by Gasteiger charge is 2.21. The second kappa shape index (κ2) is 6.35. The number of carbonyl (C=O) groups excluding carboxylic acids is 1. The van der Waals surface area contributed by atoms with E-state index in [2.05, 4.69) is 10.2 Å². The predicted molar refractivity (Wildman–Crippen MR) is 63.1 cm³/mol. The standard InChI is InChI=1S/C10H20N2O2S/c1-8(6-13)11-10(14)5-12(2)9-3-4-15-7-9/h8-9,13H,3-7H2,1-2H3,(H,11,14). The molecule has 0 aliphatic carbocycles. The van der Waals surface area contributed by atoms with Gasteiger partial charge in [-0.2, -0.15) is 11.8 Å². The monoisotopic (exact) mass is 232 g/mol. The third-order valence-corrected chi connectivity index (χ3v) is 3.75. The second-order valence-electron chi connectivity index (χ2n) is 4.08. The number of aliphatic hydroxyl groups excluding tert-OH is 1. The molecule has 0 aromatic carbocycles. The Bertz CT molecular complexity index is 208. The number of aliphatic hydroxyl groups is 1. The molecule has 1 aliphatic rings. The minimum absolute atomic E-state index is 0.00375. The van der Waals surface area contributed by atoms with E-state index in [0.717, 1.165) is 5.75 Å². The van der Waals surface area contributed by atoms with E-state index in [1.165, 1.54) is 12.2 Å². The highest BCUT2D eigenvalue weighted by Crippen LogP contribution is 2.20. The summed E-state index contributed by atoms with van der Waals surface area (Å²) in [6.45, 7) is 2.22. The smallest absolute Gasteiger partial charge is 0.234 e. The van der Waals surface area contributed by atoms with Crippen molar-refractivity contribution in [2.24, 2.45) is 0 Å². The van der Waals surface area contributed by atoms with Crippen molar-refractivity contribution in [3.63, 3.8) is 0 Å². The zero-order chi connectivity index (χ0) is 11.3. The molecule has 1 aliphatic heterocycles. The maximum atomic E-state index is 11.5.